The highest BCUT2D eigenvalue weighted by atomic mass is 35.5. The van der Waals surface area contributed by atoms with Crippen LogP contribution in [0.1, 0.15) is 94.4 Å². The van der Waals surface area contributed by atoms with Crippen LogP contribution in [-0.4, -0.2) is 12.6 Å². The monoisotopic (exact) mass is 570 g/mol. The number of amides is 2. The molecule has 5 nitrogen and oxygen atoms in total. The molecule has 3 aromatic rings. The standard InChI is InChI=1S/C32H44ClN3O2S/c1-3-4-5-6-7-8-9-10-11-12-13-14-21-38-29-19-20-31(30(33)22-29)35-32(37)34-28-17-15-27(16-18-28)24-36-23-26(2)39-25-36/h15-20,22-23,25H,3-14,21,24H2,1-2H3,(H-,34,35,37)/p+1. The van der Waals surface area contributed by atoms with Gasteiger partial charge in [0.1, 0.15) is 5.75 Å². The Morgan fingerprint density at radius 3 is 2.10 bits per heavy atom. The number of halogens is 1. The minimum atomic E-state index is -0.336. The maximum Gasteiger partial charge on any atom is 0.323 e. The molecule has 0 fully saturated rings. The summed E-state index contributed by atoms with van der Waals surface area (Å²) in [5.41, 5.74) is 4.55. The van der Waals surface area contributed by atoms with Gasteiger partial charge in [0, 0.05) is 17.3 Å². The number of thiazole rings is 1. The third-order valence-corrected chi connectivity index (χ3v) is 7.92. The number of ether oxygens (including phenoxy) is 1. The van der Waals surface area contributed by atoms with Crippen LogP contribution in [0.15, 0.2) is 54.2 Å². The van der Waals surface area contributed by atoms with Gasteiger partial charge in [0.25, 0.3) is 0 Å². The average molecular weight is 571 g/mol. The number of carbonyl (C=O) groups is 1. The Kier molecular flexibility index (Phi) is 14.2. The van der Waals surface area contributed by atoms with Crippen LogP contribution in [0.4, 0.5) is 16.2 Å². The second kappa shape index (κ2) is 17.9. The van der Waals surface area contributed by atoms with Crippen molar-refractivity contribution in [3.8, 4) is 5.75 Å². The number of aromatic nitrogens is 1. The molecule has 0 spiro atoms. The van der Waals surface area contributed by atoms with E-state index in [-0.39, 0.29) is 6.03 Å². The number of carbonyl (C=O) groups excluding carboxylic acids is 1. The van der Waals surface area contributed by atoms with Crippen molar-refractivity contribution in [1.82, 2.24) is 0 Å². The van der Waals surface area contributed by atoms with Crippen LogP contribution in [0.3, 0.4) is 0 Å². The molecule has 0 radical (unpaired) electrons. The number of nitrogens with one attached hydrogen (secondary N) is 2. The molecule has 0 aliphatic rings. The van der Waals surface area contributed by atoms with Gasteiger partial charge in [-0.3, -0.25) is 0 Å². The lowest BCUT2D eigenvalue weighted by atomic mass is 10.1. The Morgan fingerprint density at radius 1 is 0.872 bits per heavy atom. The normalized spacial score (nSPS) is 10.9. The molecule has 0 atom stereocenters. The van der Waals surface area contributed by atoms with E-state index in [1.165, 1.54) is 81.1 Å². The maximum atomic E-state index is 12.5. The maximum absolute atomic E-state index is 12.5. The van der Waals surface area contributed by atoms with E-state index in [4.69, 9.17) is 16.3 Å². The summed E-state index contributed by atoms with van der Waals surface area (Å²) in [6, 6.07) is 12.9. The summed E-state index contributed by atoms with van der Waals surface area (Å²) in [5, 5.41) is 6.14. The smallest absolute Gasteiger partial charge is 0.323 e. The van der Waals surface area contributed by atoms with Gasteiger partial charge in [-0.2, -0.15) is 4.57 Å². The van der Waals surface area contributed by atoms with Gasteiger partial charge in [0.15, 0.2) is 12.7 Å². The Hall–Kier alpha value is -2.57. The molecule has 39 heavy (non-hydrogen) atoms. The van der Waals surface area contributed by atoms with Crippen molar-refractivity contribution in [2.45, 2.75) is 97.4 Å². The highest BCUT2D eigenvalue weighted by Gasteiger charge is 2.09. The molecule has 2 amide bonds. The lowest BCUT2D eigenvalue weighted by molar-refractivity contribution is -0.683. The topological polar surface area (TPSA) is 54.2 Å². The van der Waals surface area contributed by atoms with Crippen LogP contribution >= 0.6 is 22.9 Å². The van der Waals surface area contributed by atoms with Gasteiger partial charge >= 0.3 is 6.03 Å². The second-order valence-corrected chi connectivity index (χ2v) is 11.8. The van der Waals surface area contributed by atoms with E-state index < -0.39 is 0 Å². The Balaban J connectivity index is 1.28. The fraction of sp³-hybridized carbons (Fsp3) is 0.500. The van der Waals surface area contributed by atoms with Crippen LogP contribution in [0.5, 0.6) is 5.75 Å². The number of hydrogen-bond donors (Lipinski definition) is 2. The molecule has 0 bridgehead atoms. The number of hydrogen-bond acceptors (Lipinski definition) is 3. The van der Waals surface area contributed by atoms with Crippen LogP contribution < -0.4 is 19.9 Å². The molecule has 0 aliphatic carbocycles. The predicted octanol–water partition coefficient (Wildman–Crippen LogP) is 9.77. The van der Waals surface area contributed by atoms with Crippen molar-refractivity contribution in [2.75, 3.05) is 17.2 Å². The van der Waals surface area contributed by atoms with Crippen molar-refractivity contribution in [2.24, 2.45) is 0 Å². The first-order valence-electron chi connectivity index (χ1n) is 14.6. The van der Waals surface area contributed by atoms with E-state index >= 15 is 0 Å². The number of urea groups is 1. The summed E-state index contributed by atoms with van der Waals surface area (Å²) in [6.45, 7) is 5.85. The lowest BCUT2D eigenvalue weighted by Gasteiger charge is -2.11. The van der Waals surface area contributed by atoms with E-state index in [9.17, 15) is 4.79 Å². The zero-order chi connectivity index (χ0) is 27.7. The van der Waals surface area contributed by atoms with Crippen LogP contribution in [0.2, 0.25) is 5.02 Å². The van der Waals surface area contributed by atoms with Gasteiger partial charge in [-0.25, -0.2) is 4.79 Å². The molecule has 0 saturated heterocycles. The minimum Gasteiger partial charge on any atom is -0.494 e. The summed E-state index contributed by atoms with van der Waals surface area (Å²) in [7, 11) is 0. The molecule has 0 unspecified atom stereocenters. The van der Waals surface area contributed by atoms with Gasteiger partial charge in [-0.15, -0.1) is 0 Å². The molecule has 0 aliphatic heterocycles. The van der Waals surface area contributed by atoms with E-state index in [1.54, 1.807) is 23.5 Å². The highest BCUT2D eigenvalue weighted by molar-refractivity contribution is 7.09. The van der Waals surface area contributed by atoms with Gasteiger partial charge in [-0.1, -0.05) is 113 Å². The fourth-order valence-electron chi connectivity index (χ4n) is 4.54. The highest BCUT2D eigenvalue weighted by Crippen LogP contribution is 2.27. The zero-order valence-electron chi connectivity index (χ0n) is 23.6. The Morgan fingerprint density at radius 2 is 1.51 bits per heavy atom. The molecule has 212 valence electrons. The largest absolute Gasteiger partial charge is 0.494 e. The number of nitrogens with zero attached hydrogens (tertiary/aromatic N) is 1. The summed E-state index contributed by atoms with van der Waals surface area (Å²) in [5.74, 6) is 0.725. The molecule has 2 N–H and O–H groups in total. The van der Waals surface area contributed by atoms with Gasteiger partial charge in [0.05, 0.1) is 22.2 Å². The number of benzene rings is 2. The first-order chi connectivity index (χ1) is 19.0. The van der Waals surface area contributed by atoms with Crippen LogP contribution in [-0.2, 0) is 6.54 Å². The first-order valence-corrected chi connectivity index (χ1v) is 15.8. The van der Waals surface area contributed by atoms with E-state index in [0.717, 1.165) is 24.4 Å². The van der Waals surface area contributed by atoms with Crippen molar-refractivity contribution in [1.29, 1.82) is 0 Å². The van der Waals surface area contributed by atoms with Crippen molar-refractivity contribution >= 4 is 40.3 Å². The lowest BCUT2D eigenvalue weighted by Crippen LogP contribution is -2.30. The van der Waals surface area contributed by atoms with E-state index in [0.29, 0.717) is 17.3 Å². The third-order valence-electron chi connectivity index (χ3n) is 6.75. The Labute approximate surface area is 243 Å². The number of unbranched alkanes of at least 4 members (excludes halogenated alkanes) is 11. The molecule has 0 saturated carbocycles. The van der Waals surface area contributed by atoms with Crippen LogP contribution in [0.25, 0.3) is 0 Å². The molecule has 2 aromatic carbocycles. The van der Waals surface area contributed by atoms with Crippen molar-refractivity contribution in [3.05, 3.63) is 69.6 Å². The SMILES string of the molecule is CCCCCCCCCCCCCCOc1ccc(NC(=O)Nc2ccc(C[n+]3csc(C)c3)cc2)c(Cl)c1. The Bertz CT molecular complexity index is 1120. The summed E-state index contributed by atoms with van der Waals surface area (Å²) < 4.78 is 8.03. The van der Waals surface area contributed by atoms with Crippen molar-refractivity contribution < 1.29 is 14.1 Å². The predicted molar refractivity (Wildman–Crippen MR) is 165 cm³/mol. The van der Waals surface area contributed by atoms with Gasteiger partial charge in [0.2, 0.25) is 5.51 Å². The molecule has 1 aromatic heterocycles. The van der Waals surface area contributed by atoms with E-state index in [1.807, 2.05) is 30.3 Å². The van der Waals surface area contributed by atoms with Crippen molar-refractivity contribution in [3.63, 3.8) is 0 Å². The number of rotatable bonds is 18. The molecule has 1 heterocycles. The molecular weight excluding hydrogens is 526 g/mol. The summed E-state index contributed by atoms with van der Waals surface area (Å²) in [4.78, 5) is 13.8. The van der Waals surface area contributed by atoms with Gasteiger partial charge < -0.3 is 15.4 Å². The zero-order valence-corrected chi connectivity index (χ0v) is 25.2. The molecule has 3 rings (SSSR count). The summed E-state index contributed by atoms with van der Waals surface area (Å²) >= 11 is 8.14. The fourth-order valence-corrected chi connectivity index (χ4v) is 5.39. The first kappa shape index (κ1) is 31.0. The minimum absolute atomic E-state index is 0.336. The summed E-state index contributed by atoms with van der Waals surface area (Å²) in [6.07, 6.45) is 18.0. The number of aryl methyl sites for hydroxylation is 1. The second-order valence-electron chi connectivity index (χ2n) is 10.3. The third kappa shape index (κ3) is 12.4. The van der Waals surface area contributed by atoms with E-state index in [2.05, 4.69) is 40.8 Å². The number of anilines is 2. The molecular formula is C32H45ClN3O2S+. The van der Waals surface area contributed by atoms with Gasteiger partial charge in [-0.05, 0) is 37.6 Å². The van der Waals surface area contributed by atoms with Crippen LogP contribution in [0, 0.1) is 6.92 Å². The average Bonchev–Trinajstić information content (AvgIpc) is 3.33. The quantitative estimate of drug-likeness (QED) is 0.118. The molecule has 7 heteroatoms.